The van der Waals surface area contributed by atoms with Crippen molar-refractivity contribution in [2.45, 2.75) is 25.6 Å². The Morgan fingerprint density at radius 1 is 1.00 bits per heavy atom. The van der Waals surface area contributed by atoms with E-state index in [0.29, 0.717) is 53.5 Å². The number of hydrogen-bond donors (Lipinski definition) is 2. The average molecular weight is 496 g/mol. The van der Waals surface area contributed by atoms with Crippen LogP contribution >= 0.6 is 0 Å². The number of benzene rings is 3. The molecule has 0 bridgehead atoms. The van der Waals surface area contributed by atoms with Crippen molar-refractivity contribution in [2.24, 2.45) is 0 Å². The monoisotopic (exact) mass is 495 g/mol. The Morgan fingerprint density at radius 2 is 1.68 bits per heavy atom. The predicted octanol–water partition coefficient (Wildman–Crippen LogP) is 4.44. The maximum Gasteiger partial charge on any atom is 0.256 e. The zero-order valence-corrected chi connectivity index (χ0v) is 20.8. The van der Waals surface area contributed by atoms with E-state index in [1.54, 1.807) is 30.1 Å². The van der Waals surface area contributed by atoms with Crippen LogP contribution in [0.1, 0.15) is 34.2 Å². The number of amides is 1. The molecule has 2 heterocycles. The lowest BCUT2D eigenvalue weighted by Gasteiger charge is -2.29. The molecule has 5 aromatic rings. The first-order valence-corrected chi connectivity index (χ1v) is 12.2. The van der Waals surface area contributed by atoms with Gasteiger partial charge in [0.1, 0.15) is 0 Å². The van der Waals surface area contributed by atoms with Crippen LogP contribution in [0.25, 0.3) is 11.0 Å². The molecule has 0 fully saturated rings. The molecule has 5 rings (SSSR count). The summed E-state index contributed by atoms with van der Waals surface area (Å²) in [6.07, 6.45) is 1.80. The number of carbonyl (C=O) groups is 1. The van der Waals surface area contributed by atoms with Gasteiger partial charge in [-0.3, -0.25) is 9.48 Å². The molecule has 0 aliphatic rings. The van der Waals surface area contributed by atoms with Gasteiger partial charge in [0, 0.05) is 31.5 Å². The summed E-state index contributed by atoms with van der Waals surface area (Å²) in [4.78, 5) is 17.9. The number of fused-ring (bicyclic) bond motifs is 1. The van der Waals surface area contributed by atoms with E-state index < -0.39 is 5.60 Å². The highest BCUT2D eigenvalue weighted by molar-refractivity contribution is 6.05. The summed E-state index contributed by atoms with van der Waals surface area (Å²) in [6.45, 7) is 3.69. The van der Waals surface area contributed by atoms with E-state index in [0.717, 1.165) is 5.52 Å². The van der Waals surface area contributed by atoms with Crippen LogP contribution in [0.4, 0.5) is 5.82 Å². The highest BCUT2D eigenvalue weighted by atomic mass is 16.5. The Balaban J connectivity index is 1.55. The fraction of sp³-hybridized carbons (Fsp3) is 0.207. The lowest BCUT2D eigenvalue weighted by Crippen LogP contribution is -2.32. The first-order valence-electron chi connectivity index (χ1n) is 12.2. The molecule has 2 aromatic heterocycles. The minimum Gasteiger partial charge on any atom is -0.383 e. The smallest absolute Gasteiger partial charge is 0.256 e. The number of anilines is 1. The lowest BCUT2D eigenvalue weighted by molar-refractivity contribution is 0.102. The van der Waals surface area contributed by atoms with E-state index in [-0.39, 0.29) is 5.91 Å². The Hall–Kier alpha value is -4.27. The van der Waals surface area contributed by atoms with Crippen molar-refractivity contribution in [1.82, 2.24) is 19.3 Å². The largest absolute Gasteiger partial charge is 0.383 e. The van der Waals surface area contributed by atoms with Gasteiger partial charge in [0.25, 0.3) is 5.91 Å². The molecule has 8 nitrogen and oxygen atoms in total. The van der Waals surface area contributed by atoms with Crippen LogP contribution in [0.2, 0.25) is 0 Å². The van der Waals surface area contributed by atoms with Gasteiger partial charge >= 0.3 is 0 Å². The molecule has 0 unspecified atom stereocenters. The summed E-state index contributed by atoms with van der Waals surface area (Å²) in [6, 6.07) is 26.2. The third-order valence-electron chi connectivity index (χ3n) is 6.44. The maximum absolute atomic E-state index is 13.1. The van der Waals surface area contributed by atoms with Gasteiger partial charge in [-0.25, -0.2) is 4.98 Å². The number of hydrogen-bond acceptors (Lipinski definition) is 5. The van der Waals surface area contributed by atoms with Crippen LogP contribution in [0.5, 0.6) is 0 Å². The number of aromatic nitrogens is 4. The molecule has 188 valence electrons. The van der Waals surface area contributed by atoms with Crippen LogP contribution in [0, 0.1) is 0 Å². The Morgan fingerprint density at radius 3 is 2.30 bits per heavy atom. The van der Waals surface area contributed by atoms with Crippen LogP contribution in [-0.4, -0.2) is 44.1 Å². The number of imidazole rings is 1. The molecule has 0 aliphatic carbocycles. The summed E-state index contributed by atoms with van der Waals surface area (Å²) >= 11 is 0. The van der Waals surface area contributed by atoms with Gasteiger partial charge in [0.05, 0.1) is 24.2 Å². The molecule has 1 amide bonds. The van der Waals surface area contributed by atoms with Crippen molar-refractivity contribution >= 4 is 22.8 Å². The van der Waals surface area contributed by atoms with Gasteiger partial charge in [0.15, 0.2) is 17.2 Å². The van der Waals surface area contributed by atoms with E-state index >= 15 is 0 Å². The van der Waals surface area contributed by atoms with E-state index in [1.807, 2.05) is 84.3 Å². The van der Waals surface area contributed by atoms with Crippen molar-refractivity contribution in [3.8, 4) is 0 Å². The molecule has 3 aromatic carbocycles. The fourth-order valence-corrected chi connectivity index (χ4v) is 4.57. The number of carbonyl (C=O) groups excluding carboxylic acids is 1. The van der Waals surface area contributed by atoms with Crippen LogP contribution < -0.4 is 5.32 Å². The number of aliphatic hydroxyl groups is 1. The van der Waals surface area contributed by atoms with Gasteiger partial charge in [-0.05, 0) is 36.2 Å². The molecular weight excluding hydrogens is 466 g/mol. The second-order valence-electron chi connectivity index (χ2n) is 8.74. The van der Waals surface area contributed by atoms with E-state index in [9.17, 15) is 9.90 Å². The highest BCUT2D eigenvalue weighted by Gasteiger charge is 2.38. The van der Waals surface area contributed by atoms with Gasteiger partial charge in [-0.1, -0.05) is 60.7 Å². The molecule has 0 saturated carbocycles. The number of methoxy groups -OCH3 is 1. The molecule has 2 N–H and O–H groups in total. The van der Waals surface area contributed by atoms with Crippen molar-refractivity contribution in [3.05, 3.63) is 114 Å². The molecule has 0 saturated heterocycles. The topological polar surface area (TPSA) is 94.2 Å². The molecule has 0 atom stereocenters. The second kappa shape index (κ2) is 10.4. The van der Waals surface area contributed by atoms with E-state index in [1.165, 1.54) is 0 Å². The minimum atomic E-state index is -1.48. The first-order chi connectivity index (χ1) is 18.0. The Kier molecular flexibility index (Phi) is 6.85. The molecule has 0 spiro atoms. The highest BCUT2D eigenvalue weighted by Crippen LogP contribution is 2.37. The van der Waals surface area contributed by atoms with Gasteiger partial charge in [-0.2, -0.15) is 5.10 Å². The number of ether oxygens (including phenoxy) is 1. The van der Waals surface area contributed by atoms with Gasteiger partial charge in [0.2, 0.25) is 0 Å². The van der Waals surface area contributed by atoms with Crippen LogP contribution in [0.3, 0.4) is 0 Å². The zero-order chi connectivity index (χ0) is 25.8. The molecule has 0 aliphatic heterocycles. The van der Waals surface area contributed by atoms with Crippen molar-refractivity contribution in [1.29, 1.82) is 0 Å². The normalized spacial score (nSPS) is 11.6. The first kappa shape index (κ1) is 24.4. The second-order valence-corrected chi connectivity index (χ2v) is 8.74. The number of nitrogens with zero attached hydrogens (tertiary/aromatic N) is 4. The van der Waals surface area contributed by atoms with Gasteiger partial charge < -0.3 is 19.7 Å². The number of nitrogens with one attached hydrogen (secondary N) is 1. The number of rotatable bonds is 9. The Labute approximate surface area is 215 Å². The van der Waals surface area contributed by atoms with E-state index in [4.69, 9.17) is 9.72 Å². The Bertz CT molecular complexity index is 1470. The summed E-state index contributed by atoms with van der Waals surface area (Å²) in [7, 11) is 1.63. The van der Waals surface area contributed by atoms with Gasteiger partial charge in [-0.15, -0.1) is 0 Å². The SMILES string of the molecule is CCn1c(C(O)(c2ccccc2)c2ccccc2)nc2ccc(C(=O)Nc3ccn(CCOC)n3)cc21. The van der Waals surface area contributed by atoms with Crippen molar-refractivity contribution < 1.29 is 14.6 Å². The standard InChI is InChI=1S/C29H29N5O3/c1-3-34-25-20-21(27(35)31-26-16-17-33(32-26)18-19-37-2)14-15-24(25)30-28(34)29(36,22-10-6-4-7-11-22)23-12-8-5-9-13-23/h4-17,20,36H,3,18-19H2,1-2H3,(H,31,32,35). The fourth-order valence-electron chi connectivity index (χ4n) is 4.57. The third kappa shape index (κ3) is 4.64. The third-order valence-corrected chi connectivity index (χ3v) is 6.44. The lowest BCUT2D eigenvalue weighted by atomic mass is 9.85. The minimum absolute atomic E-state index is 0.273. The van der Waals surface area contributed by atoms with Crippen LogP contribution in [-0.2, 0) is 23.4 Å². The van der Waals surface area contributed by atoms with E-state index in [2.05, 4.69) is 10.4 Å². The molecular formula is C29H29N5O3. The summed E-state index contributed by atoms with van der Waals surface area (Å²) < 4.78 is 8.76. The maximum atomic E-state index is 13.1. The van der Waals surface area contributed by atoms with Crippen molar-refractivity contribution in [2.75, 3.05) is 19.0 Å². The molecule has 0 radical (unpaired) electrons. The number of aryl methyl sites for hydroxylation is 1. The predicted molar refractivity (Wildman–Crippen MR) is 142 cm³/mol. The van der Waals surface area contributed by atoms with Crippen molar-refractivity contribution in [3.63, 3.8) is 0 Å². The summed E-state index contributed by atoms with van der Waals surface area (Å²) in [5.74, 6) is 0.691. The van der Waals surface area contributed by atoms with Crippen LogP contribution in [0.15, 0.2) is 91.1 Å². The summed E-state index contributed by atoms with van der Waals surface area (Å²) in [5.41, 5.74) is 1.89. The quantitative estimate of drug-likeness (QED) is 0.315. The summed E-state index contributed by atoms with van der Waals surface area (Å²) in [5, 5.41) is 19.5. The molecule has 8 heteroatoms. The average Bonchev–Trinajstić information content (AvgIpc) is 3.56. The zero-order valence-electron chi connectivity index (χ0n) is 20.8. The molecule has 37 heavy (non-hydrogen) atoms.